The maximum Gasteiger partial charge on any atom is 0.419 e. The number of nitrogens with zero attached hydrogens (tertiary/aromatic N) is 1. The van der Waals surface area contributed by atoms with Crippen LogP contribution in [0.4, 0.5) is 9.18 Å². The molecule has 2 rings (SSSR count). The van der Waals surface area contributed by atoms with E-state index in [0.717, 1.165) is 0 Å². The van der Waals surface area contributed by atoms with Crippen LogP contribution >= 0.6 is 0 Å². The number of fused-ring (bicyclic) bond motifs is 1. The Hall–Kier alpha value is -2.48. The minimum atomic E-state index is -0.638. The number of hydrogen-bond acceptors (Lipinski definition) is 3. The quantitative estimate of drug-likeness (QED) is 0.593. The minimum Gasteiger partial charge on any atom is -0.443 e. The van der Waals surface area contributed by atoms with Crippen LogP contribution in [0, 0.1) is 17.8 Å². The van der Waals surface area contributed by atoms with Crippen LogP contribution in [0.2, 0.25) is 0 Å². The third-order valence-electron chi connectivity index (χ3n) is 2.58. The van der Waals surface area contributed by atoms with Crippen molar-refractivity contribution in [3.05, 3.63) is 35.8 Å². The third-order valence-corrected chi connectivity index (χ3v) is 2.58. The number of halogens is 1. The molecule has 0 unspecified atom stereocenters. The summed E-state index contributed by atoms with van der Waals surface area (Å²) in [4.78, 5) is 12.1. The number of rotatable bonds is 0. The first kappa shape index (κ1) is 13.9. The molecule has 2 aromatic rings. The average molecular weight is 274 g/mol. The van der Waals surface area contributed by atoms with E-state index in [1.165, 1.54) is 22.9 Å². The monoisotopic (exact) mass is 274 g/mol. The molecule has 0 saturated carbocycles. The van der Waals surface area contributed by atoms with Crippen LogP contribution in [0.3, 0.4) is 0 Å². The van der Waals surface area contributed by atoms with E-state index in [0.29, 0.717) is 11.1 Å². The van der Waals surface area contributed by atoms with Gasteiger partial charge in [0.2, 0.25) is 0 Å². The van der Waals surface area contributed by atoms with Crippen LogP contribution in [0.5, 0.6) is 0 Å². The lowest BCUT2D eigenvalue weighted by Crippen LogP contribution is -2.26. The van der Waals surface area contributed by atoms with Crippen molar-refractivity contribution in [3.8, 4) is 12.0 Å². The van der Waals surface area contributed by atoms with Crippen LogP contribution in [-0.2, 0) is 4.74 Å². The van der Waals surface area contributed by atoms with Gasteiger partial charge in [0.1, 0.15) is 11.4 Å². The Morgan fingerprint density at radius 1 is 1.40 bits per heavy atom. The number of carbonyl (C=O) groups is 1. The molecule has 1 aromatic carbocycles. The van der Waals surface area contributed by atoms with Gasteiger partial charge in [0, 0.05) is 12.2 Å². The Kier molecular flexibility index (Phi) is 3.41. The Morgan fingerprint density at radius 2 is 2.10 bits per heavy atom. The molecule has 0 amide bonds. The fraction of sp³-hybridized carbons (Fsp3) is 0.267. The second-order valence-electron chi connectivity index (χ2n) is 5.30. The Morgan fingerprint density at radius 3 is 2.70 bits per heavy atom. The number of nitrogens with two attached hydrogens (primary N) is 1. The fourth-order valence-electron chi connectivity index (χ4n) is 1.88. The summed E-state index contributed by atoms with van der Waals surface area (Å²) in [5.74, 6) is 2.13. The summed E-state index contributed by atoms with van der Waals surface area (Å²) in [6.07, 6.45) is 0.847. The molecule has 5 heteroatoms. The lowest BCUT2D eigenvalue weighted by molar-refractivity contribution is 0.0544. The van der Waals surface area contributed by atoms with E-state index in [1.807, 2.05) is 0 Å². The second-order valence-corrected chi connectivity index (χ2v) is 5.30. The molecule has 0 fully saturated rings. The van der Waals surface area contributed by atoms with Crippen molar-refractivity contribution in [2.24, 2.45) is 5.73 Å². The average Bonchev–Trinajstić information content (AvgIpc) is 2.68. The molecule has 20 heavy (non-hydrogen) atoms. The Bertz CT molecular complexity index is 730. The zero-order valence-corrected chi connectivity index (χ0v) is 11.5. The smallest absolute Gasteiger partial charge is 0.419 e. The standard InChI is InChI=1S/C15H15FN2O2/c1-15(2,3)20-14(19)18-9-10(7-8-17)13-11(16)5-4-6-12(13)18/h4-6,9H,17H2,1-3H3. The summed E-state index contributed by atoms with van der Waals surface area (Å²) in [7, 11) is 0. The van der Waals surface area contributed by atoms with E-state index in [9.17, 15) is 9.18 Å². The van der Waals surface area contributed by atoms with Crippen molar-refractivity contribution < 1.29 is 13.9 Å². The predicted molar refractivity (Wildman–Crippen MR) is 74.6 cm³/mol. The van der Waals surface area contributed by atoms with Gasteiger partial charge in [0.15, 0.2) is 0 Å². The Labute approximate surface area is 116 Å². The van der Waals surface area contributed by atoms with Gasteiger partial charge in [-0.05, 0) is 38.8 Å². The highest BCUT2D eigenvalue weighted by molar-refractivity contribution is 5.94. The van der Waals surface area contributed by atoms with E-state index in [1.54, 1.807) is 26.8 Å². The zero-order valence-electron chi connectivity index (χ0n) is 11.5. The summed E-state index contributed by atoms with van der Waals surface area (Å²) in [5.41, 5.74) is 5.29. The first-order chi connectivity index (χ1) is 9.33. The van der Waals surface area contributed by atoms with Gasteiger partial charge in [0.05, 0.1) is 16.5 Å². The molecule has 0 aliphatic carbocycles. The zero-order chi connectivity index (χ0) is 14.9. The van der Waals surface area contributed by atoms with E-state index in [4.69, 9.17) is 10.5 Å². The normalized spacial score (nSPS) is 11.0. The van der Waals surface area contributed by atoms with Crippen molar-refractivity contribution >= 4 is 17.0 Å². The Balaban J connectivity index is 2.62. The van der Waals surface area contributed by atoms with Crippen LogP contribution < -0.4 is 5.73 Å². The summed E-state index contributed by atoms with van der Waals surface area (Å²) >= 11 is 0. The summed E-state index contributed by atoms with van der Waals surface area (Å²) in [5, 5.41) is 0.260. The lowest BCUT2D eigenvalue weighted by Gasteiger charge is -2.19. The molecule has 104 valence electrons. The van der Waals surface area contributed by atoms with Gasteiger partial charge < -0.3 is 10.5 Å². The van der Waals surface area contributed by atoms with Crippen molar-refractivity contribution in [3.63, 3.8) is 0 Å². The number of hydrogen-bond donors (Lipinski definition) is 1. The molecule has 0 aliphatic rings. The first-order valence-corrected chi connectivity index (χ1v) is 6.08. The third kappa shape index (κ3) is 2.59. The largest absolute Gasteiger partial charge is 0.443 e. The summed E-state index contributed by atoms with van der Waals surface area (Å²) in [6, 6.07) is 6.69. The molecule has 0 aliphatic heterocycles. The van der Waals surface area contributed by atoms with Gasteiger partial charge in [0.25, 0.3) is 0 Å². The number of carbonyl (C=O) groups excluding carboxylic acids is 1. The van der Waals surface area contributed by atoms with Gasteiger partial charge in [-0.25, -0.2) is 9.18 Å². The highest BCUT2D eigenvalue weighted by atomic mass is 19.1. The van der Waals surface area contributed by atoms with Crippen molar-refractivity contribution in [1.82, 2.24) is 4.57 Å². The minimum absolute atomic E-state index is 0.260. The fourth-order valence-corrected chi connectivity index (χ4v) is 1.88. The lowest BCUT2D eigenvalue weighted by atomic mass is 10.2. The maximum atomic E-state index is 13.9. The van der Waals surface area contributed by atoms with Crippen molar-refractivity contribution in [1.29, 1.82) is 0 Å². The maximum absolute atomic E-state index is 13.9. The molecular weight excluding hydrogens is 259 g/mol. The van der Waals surface area contributed by atoms with E-state index >= 15 is 0 Å². The SMILES string of the molecule is CC(C)(C)OC(=O)n1cc(C#CN)c2c(F)cccc21. The van der Waals surface area contributed by atoms with Crippen LogP contribution in [-0.4, -0.2) is 16.3 Å². The molecule has 1 aromatic heterocycles. The molecule has 4 nitrogen and oxygen atoms in total. The van der Waals surface area contributed by atoms with Crippen molar-refractivity contribution in [2.75, 3.05) is 0 Å². The van der Waals surface area contributed by atoms with Gasteiger partial charge >= 0.3 is 6.09 Å². The number of aromatic nitrogens is 1. The van der Waals surface area contributed by atoms with Crippen LogP contribution in [0.15, 0.2) is 24.4 Å². The van der Waals surface area contributed by atoms with Crippen LogP contribution in [0.25, 0.3) is 10.9 Å². The summed E-state index contributed by atoms with van der Waals surface area (Å²) in [6.45, 7) is 5.29. The molecule has 0 radical (unpaired) electrons. The van der Waals surface area contributed by atoms with Gasteiger partial charge in [-0.2, -0.15) is 0 Å². The molecule has 0 spiro atoms. The van der Waals surface area contributed by atoms with E-state index in [-0.39, 0.29) is 5.39 Å². The van der Waals surface area contributed by atoms with E-state index < -0.39 is 17.5 Å². The van der Waals surface area contributed by atoms with Gasteiger partial charge in [-0.1, -0.05) is 6.07 Å². The first-order valence-electron chi connectivity index (χ1n) is 6.08. The molecule has 0 bridgehead atoms. The summed E-state index contributed by atoms with van der Waals surface area (Å²) < 4.78 is 20.4. The predicted octanol–water partition coefficient (Wildman–Crippen LogP) is 2.83. The number of ether oxygens (including phenoxy) is 1. The second kappa shape index (κ2) is 4.89. The molecule has 1 heterocycles. The number of benzene rings is 1. The topological polar surface area (TPSA) is 57.2 Å². The molecular formula is C15H15FN2O2. The molecule has 2 N–H and O–H groups in total. The highest BCUT2D eigenvalue weighted by Crippen LogP contribution is 2.24. The molecule has 0 atom stereocenters. The van der Waals surface area contributed by atoms with Crippen molar-refractivity contribution in [2.45, 2.75) is 26.4 Å². The van der Waals surface area contributed by atoms with Gasteiger partial charge in [-0.3, -0.25) is 4.57 Å². The molecule has 0 saturated heterocycles. The van der Waals surface area contributed by atoms with E-state index in [2.05, 4.69) is 12.0 Å². The van der Waals surface area contributed by atoms with Gasteiger partial charge in [-0.15, -0.1) is 0 Å². The van der Waals surface area contributed by atoms with Crippen LogP contribution in [0.1, 0.15) is 26.3 Å². The highest BCUT2D eigenvalue weighted by Gasteiger charge is 2.21.